The van der Waals surface area contributed by atoms with Crippen molar-refractivity contribution in [2.45, 2.75) is 26.3 Å². The van der Waals surface area contributed by atoms with Gasteiger partial charge in [-0.2, -0.15) is 10.2 Å². The van der Waals surface area contributed by atoms with Crippen LogP contribution in [0.15, 0.2) is 36.4 Å². The lowest BCUT2D eigenvalue weighted by Gasteiger charge is -2.29. The van der Waals surface area contributed by atoms with E-state index in [4.69, 9.17) is 0 Å². The van der Waals surface area contributed by atoms with Gasteiger partial charge in [0.25, 0.3) is 5.91 Å². The molecule has 21 heavy (non-hydrogen) atoms. The second-order valence-electron chi connectivity index (χ2n) is 5.27. The van der Waals surface area contributed by atoms with Crippen molar-refractivity contribution in [2.24, 2.45) is 0 Å². The molecule has 0 radical (unpaired) electrons. The molecule has 0 aliphatic heterocycles. The van der Waals surface area contributed by atoms with Crippen molar-refractivity contribution < 1.29 is 4.79 Å². The van der Waals surface area contributed by atoms with Gasteiger partial charge in [-0.15, -0.1) is 0 Å². The molecule has 1 heterocycles. The number of carbonyl (C=O) groups excluding carboxylic acids is 1. The number of aromatic nitrogens is 2. The summed E-state index contributed by atoms with van der Waals surface area (Å²) >= 11 is 3.50. The van der Waals surface area contributed by atoms with Gasteiger partial charge in [0.1, 0.15) is 0 Å². The maximum Gasteiger partial charge on any atom is 0.253 e. The number of alkyl halides is 1. The summed E-state index contributed by atoms with van der Waals surface area (Å²) in [6.45, 7) is 5.60. The van der Waals surface area contributed by atoms with Crippen LogP contribution in [0.25, 0.3) is 0 Å². The molecule has 5 heteroatoms. The molecule has 0 saturated heterocycles. The highest BCUT2D eigenvalue weighted by Crippen LogP contribution is 2.23. The Kier molecular flexibility index (Phi) is 4.73. The Balaban J connectivity index is 2.30. The Morgan fingerprint density at radius 1 is 1.24 bits per heavy atom. The fourth-order valence-electron chi connectivity index (χ4n) is 2.09. The summed E-state index contributed by atoms with van der Waals surface area (Å²) in [5.74, 6) is -0.142. The first kappa shape index (κ1) is 15.6. The van der Waals surface area contributed by atoms with Crippen LogP contribution in [-0.4, -0.2) is 21.4 Å². The molecule has 1 aromatic heterocycles. The van der Waals surface area contributed by atoms with Gasteiger partial charge in [0.05, 0.1) is 22.5 Å². The van der Waals surface area contributed by atoms with Gasteiger partial charge in [-0.25, -0.2) is 0 Å². The molecule has 1 unspecified atom stereocenters. The van der Waals surface area contributed by atoms with Crippen molar-refractivity contribution >= 4 is 21.8 Å². The molecule has 0 fully saturated rings. The van der Waals surface area contributed by atoms with Crippen molar-refractivity contribution in [1.29, 1.82) is 0 Å². The first-order valence-electron chi connectivity index (χ1n) is 6.71. The van der Waals surface area contributed by atoms with E-state index in [1.165, 1.54) is 0 Å². The van der Waals surface area contributed by atoms with E-state index in [0.717, 1.165) is 11.3 Å². The first-order chi connectivity index (χ1) is 9.96. The second-order valence-corrected chi connectivity index (χ2v) is 5.83. The number of amides is 1. The van der Waals surface area contributed by atoms with Crippen LogP contribution in [0.3, 0.4) is 0 Å². The zero-order valence-electron chi connectivity index (χ0n) is 12.4. The molecule has 1 atom stereocenters. The Bertz CT molecular complexity index is 645. The van der Waals surface area contributed by atoms with Gasteiger partial charge in [-0.05, 0) is 32.4 Å². The lowest BCUT2D eigenvalue weighted by molar-refractivity contribution is 0.0912. The van der Waals surface area contributed by atoms with Crippen molar-refractivity contribution in [1.82, 2.24) is 15.5 Å². The summed E-state index contributed by atoms with van der Waals surface area (Å²) in [5.41, 5.74) is 2.48. The zero-order valence-corrected chi connectivity index (χ0v) is 13.9. The average molecular weight is 348 g/mol. The van der Waals surface area contributed by atoms with E-state index in [1.807, 2.05) is 44.2 Å². The SMILES string of the molecule is Cc1cc(C(=O)NC(C)(CBr)c2ccccc2)c(C)nn1. The highest BCUT2D eigenvalue weighted by molar-refractivity contribution is 9.09. The normalized spacial score (nSPS) is 13.5. The molecule has 0 bridgehead atoms. The van der Waals surface area contributed by atoms with E-state index in [2.05, 4.69) is 31.4 Å². The number of benzene rings is 1. The molecular formula is C16H18BrN3O. The molecule has 0 spiro atoms. The summed E-state index contributed by atoms with van der Waals surface area (Å²) in [7, 11) is 0. The average Bonchev–Trinajstić information content (AvgIpc) is 2.50. The van der Waals surface area contributed by atoms with E-state index < -0.39 is 5.54 Å². The maximum absolute atomic E-state index is 12.6. The van der Waals surface area contributed by atoms with E-state index in [-0.39, 0.29) is 5.91 Å². The summed E-state index contributed by atoms with van der Waals surface area (Å²) in [4.78, 5) is 12.6. The van der Waals surface area contributed by atoms with Crippen LogP contribution in [0.4, 0.5) is 0 Å². The molecule has 0 aliphatic rings. The monoisotopic (exact) mass is 347 g/mol. The smallest absolute Gasteiger partial charge is 0.253 e. The third-order valence-electron chi connectivity index (χ3n) is 3.41. The molecule has 0 aliphatic carbocycles. The fraction of sp³-hybridized carbons (Fsp3) is 0.312. The van der Waals surface area contributed by atoms with Gasteiger partial charge in [-0.1, -0.05) is 46.3 Å². The van der Waals surface area contributed by atoms with E-state index in [1.54, 1.807) is 13.0 Å². The van der Waals surface area contributed by atoms with Crippen molar-refractivity contribution in [3.8, 4) is 0 Å². The Labute approximate surface area is 133 Å². The van der Waals surface area contributed by atoms with Gasteiger partial charge in [0, 0.05) is 5.33 Å². The molecule has 1 N–H and O–H groups in total. The van der Waals surface area contributed by atoms with Gasteiger partial charge < -0.3 is 5.32 Å². The Morgan fingerprint density at radius 2 is 1.90 bits per heavy atom. The Hall–Kier alpha value is -1.75. The molecule has 4 nitrogen and oxygen atoms in total. The number of halogens is 1. The quantitative estimate of drug-likeness (QED) is 0.864. The first-order valence-corrected chi connectivity index (χ1v) is 7.83. The highest BCUT2D eigenvalue weighted by Gasteiger charge is 2.28. The van der Waals surface area contributed by atoms with Crippen LogP contribution >= 0.6 is 15.9 Å². The Morgan fingerprint density at radius 3 is 2.52 bits per heavy atom. The number of hydrogen-bond donors (Lipinski definition) is 1. The third kappa shape index (κ3) is 3.47. The standard InChI is InChI=1S/C16H18BrN3O/c1-11-9-14(12(2)20-19-11)15(21)18-16(3,10-17)13-7-5-4-6-8-13/h4-9H,10H2,1-3H3,(H,18,21). The largest absolute Gasteiger partial charge is 0.342 e. The van der Waals surface area contributed by atoms with Crippen molar-refractivity contribution in [3.63, 3.8) is 0 Å². The molecule has 1 amide bonds. The molecule has 1 aromatic carbocycles. The maximum atomic E-state index is 12.6. The second kappa shape index (κ2) is 6.35. The number of aryl methyl sites for hydroxylation is 2. The van der Waals surface area contributed by atoms with Crippen molar-refractivity contribution in [3.05, 3.63) is 58.9 Å². The van der Waals surface area contributed by atoms with Crippen molar-refractivity contribution in [2.75, 3.05) is 5.33 Å². The minimum atomic E-state index is -0.484. The molecular weight excluding hydrogens is 330 g/mol. The van der Waals surface area contributed by atoms with Crippen LogP contribution in [0.2, 0.25) is 0 Å². The molecule has 2 rings (SSSR count). The molecule has 2 aromatic rings. The highest BCUT2D eigenvalue weighted by atomic mass is 79.9. The van der Waals surface area contributed by atoms with Gasteiger partial charge in [0.15, 0.2) is 0 Å². The van der Waals surface area contributed by atoms with Gasteiger partial charge >= 0.3 is 0 Å². The minimum Gasteiger partial charge on any atom is -0.342 e. The summed E-state index contributed by atoms with van der Waals surface area (Å²) in [5, 5.41) is 11.7. The van der Waals surface area contributed by atoms with Gasteiger partial charge in [0.2, 0.25) is 0 Å². The topological polar surface area (TPSA) is 54.9 Å². The van der Waals surface area contributed by atoms with Crippen LogP contribution in [0.5, 0.6) is 0 Å². The predicted molar refractivity (Wildman–Crippen MR) is 86.6 cm³/mol. The zero-order chi connectivity index (χ0) is 15.5. The summed E-state index contributed by atoms with van der Waals surface area (Å²) < 4.78 is 0. The summed E-state index contributed by atoms with van der Waals surface area (Å²) in [6, 6.07) is 11.7. The fourth-order valence-corrected chi connectivity index (χ4v) is 2.55. The third-order valence-corrected chi connectivity index (χ3v) is 4.53. The molecule has 110 valence electrons. The predicted octanol–water partition coefficient (Wildman–Crippen LogP) is 3.13. The lowest BCUT2D eigenvalue weighted by Crippen LogP contribution is -2.45. The van der Waals surface area contributed by atoms with E-state index >= 15 is 0 Å². The molecule has 0 saturated carbocycles. The van der Waals surface area contributed by atoms with Gasteiger partial charge in [-0.3, -0.25) is 4.79 Å². The number of hydrogen-bond acceptors (Lipinski definition) is 3. The van der Waals surface area contributed by atoms with Crippen LogP contribution < -0.4 is 5.32 Å². The van der Waals surface area contributed by atoms with Crippen LogP contribution in [0.1, 0.15) is 34.2 Å². The van der Waals surface area contributed by atoms with E-state index in [9.17, 15) is 4.79 Å². The number of nitrogens with one attached hydrogen (secondary N) is 1. The minimum absolute atomic E-state index is 0.142. The number of carbonyl (C=O) groups is 1. The van der Waals surface area contributed by atoms with Crippen LogP contribution in [0, 0.1) is 13.8 Å². The van der Waals surface area contributed by atoms with E-state index in [0.29, 0.717) is 16.6 Å². The lowest BCUT2D eigenvalue weighted by atomic mass is 9.93. The number of nitrogens with zero attached hydrogens (tertiary/aromatic N) is 2. The van der Waals surface area contributed by atoms with Crippen LogP contribution in [-0.2, 0) is 5.54 Å². The summed E-state index contributed by atoms with van der Waals surface area (Å²) in [6.07, 6.45) is 0. The number of rotatable bonds is 4.